The predicted octanol–water partition coefficient (Wildman–Crippen LogP) is 6.16. The molecule has 0 aliphatic carbocycles. The van der Waals surface area contributed by atoms with Crippen LogP contribution in [0.15, 0.2) is 59.8 Å². The van der Waals surface area contributed by atoms with E-state index in [-0.39, 0.29) is 22.9 Å². The monoisotopic (exact) mass is 516 g/mol. The third-order valence-electron chi connectivity index (χ3n) is 7.31. The molecule has 5 rings (SSSR count). The summed E-state index contributed by atoms with van der Waals surface area (Å²) in [6, 6.07) is 15.8. The van der Waals surface area contributed by atoms with Crippen molar-refractivity contribution in [1.29, 1.82) is 0 Å². The van der Waals surface area contributed by atoms with Crippen LogP contribution in [0.25, 0.3) is 0 Å². The van der Waals surface area contributed by atoms with Gasteiger partial charge < -0.3 is 10.2 Å². The zero-order valence-corrected chi connectivity index (χ0v) is 23.1. The van der Waals surface area contributed by atoms with Gasteiger partial charge in [-0.3, -0.25) is 14.5 Å². The summed E-state index contributed by atoms with van der Waals surface area (Å²) in [5.41, 5.74) is 2.36. The van der Waals surface area contributed by atoms with Gasteiger partial charge in [-0.25, -0.2) is 9.97 Å². The highest BCUT2D eigenvalue weighted by atomic mass is 32.2. The molecule has 2 N–H and O–H groups in total. The minimum Gasteiger partial charge on any atom is -0.362 e. The van der Waals surface area contributed by atoms with Crippen molar-refractivity contribution in [2.45, 2.75) is 75.9 Å². The zero-order chi connectivity index (χ0) is 26.2. The second-order valence-corrected chi connectivity index (χ2v) is 12.6. The van der Waals surface area contributed by atoms with E-state index < -0.39 is 0 Å². The molecule has 0 spiro atoms. The van der Waals surface area contributed by atoms with Crippen LogP contribution in [-0.4, -0.2) is 32.9 Å². The van der Waals surface area contributed by atoms with E-state index in [4.69, 9.17) is 9.97 Å². The first kappa shape index (κ1) is 25.5. The van der Waals surface area contributed by atoms with Crippen molar-refractivity contribution in [3.63, 3.8) is 0 Å². The average Bonchev–Trinajstić information content (AvgIpc) is 3.18. The Bertz CT molecular complexity index is 1270. The Morgan fingerprint density at radius 2 is 1.86 bits per heavy atom. The fourth-order valence-electron chi connectivity index (χ4n) is 5.36. The van der Waals surface area contributed by atoms with Gasteiger partial charge in [0.1, 0.15) is 16.7 Å². The molecule has 37 heavy (non-hydrogen) atoms. The lowest BCUT2D eigenvalue weighted by Crippen LogP contribution is -2.40. The molecule has 2 aliphatic rings. The summed E-state index contributed by atoms with van der Waals surface area (Å²) in [6.45, 7) is 11.9. The Morgan fingerprint density at radius 1 is 1.03 bits per heavy atom. The van der Waals surface area contributed by atoms with E-state index in [0.29, 0.717) is 11.5 Å². The second kappa shape index (κ2) is 9.97. The molecule has 7 nitrogen and oxygen atoms in total. The van der Waals surface area contributed by atoms with Crippen LogP contribution in [0.4, 0.5) is 11.6 Å². The Kier molecular flexibility index (Phi) is 6.88. The molecule has 4 bridgehead atoms. The zero-order valence-electron chi connectivity index (χ0n) is 22.3. The largest absolute Gasteiger partial charge is 0.362 e. The third kappa shape index (κ3) is 5.59. The van der Waals surface area contributed by atoms with E-state index >= 15 is 0 Å². The molecule has 3 aromatic rings. The maximum atomic E-state index is 13.5. The van der Waals surface area contributed by atoms with Gasteiger partial charge in [-0.2, -0.15) is 0 Å². The number of carbonyl (C=O) groups is 1. The van der Waals surface area contributed by atoms with Gasteiger partial charge in [0.05, 0.1) is 17.3 Å². The van der Waals surface area contributed by atoms with Crippen LogP contribution in [0, 0.1) is 5.92 Å². The molecule has 1 fully saturated rings. The highest BCUT2D eigenvalue weighted by Gasteiger charge is 2.41. The first-order valence-corrected chi connectivity index (χ1v) is 13.8. The summed E-state index contributed by atoms with van der Waals surface area (Å²) in [5, 5.41) is 4.33. The average molecular weight is 517 g/mol. The first-order chi connectivity index (χ1) is 17.6. The number of amides is 1. The topological polar surface area (TPSA) is 83.0 Å². The number of pyridine rings is 3. The predicted molar refractivity (Wildman–Crippen MR) is 150 cm³/mol. The minimum atomic E-state index is -0.159. The van der Waals surface area contributed by atoms with Gasteiger partial charge in [-0.1, -0.05) is 32.9 Å². The number of nitrogens with one attached hydrogen (secondary N) is 2. The smallest absolute Gasteiger partial charge is 0.265 e. The quantitative estimate of drug-likeness (QED) is 0.375. The number of carbonyl (C=O) groups excluding carboxylic acids is 1. The van der Waals surface area contributed by atoms with Crippen molar-refractivity contribution in [1.82, 2.24) is 19.7 Å². The molecule has 194 valence electrons. The second-order valence-electron chi connectivity index (χ2n) is 11.7. The fourth-order valence-corrected chi connectivity index (χ4v) is 5.96. The van der Waals surface area contributed by atoms with Crippen LogP contribution in [0.3, 0.4) is 0 Å². The highest BCUT2D eigenvalue weighted by molar-refractivity contribution is 7.97. The third-order valence-corrected chi connectivity index (χ3v) is 8.03. The van der Waals surface area contributed by atoms with E-state index in [2.05, 4.69) is 60.6 Å². The molecule has 2 aliphatic heterocycles. The minimum absolute atomic E-state index is 0.0451. The van der Waals surface area contributed by atoms with Crippen molar-refractivity contribution in [3.05, 3.63) is 71.7 Å². The summed E-state index contributed by atoms with van der Waals surface area (Å²) in [5.74, 6) is 1.86. The molecule has 2 atom stereocenters. The summed E-state index contributed by atoms with van der Waals surface area (Å²) >= 11 is 1.23. The molecule has 1 unspecified atom stereocenters. The summed E-state index contributed by atoms with van der Waals surface area (Å²) in [6.07, 6.45) is 4.84. The van der Waals surface area contributed by atoms with Gasteiger partial charge in [0.15, 0.2) is 0 Å². The lowest BCUT2D eigenvalue weighted by Gasteiger charge is -2.34. The van der Waals surface area contributed by atoms with E-state index in [9.17, 15) is 4.79 Å². The standard InChI is InChI=1S/C29H36N6OS/c1-28(2,3)23-15-13-20-26(32-23)35-18-19(17-29(35,4)5)12-14-22(21-9-6-7-16-30-21)31-24-10-8-11-25(33-24)37-34-27(20)36/h6-11,13,15-16,19,22H,12,14,17-18H2,1-5H3,(H,31,33)(H,34,36)/t19-,22?/m0/s1. The molecular formula is C29H36N6OS. The van der Waals surface area contributed by atoms with Crippen molar-refractivity contribution >= 4 is 29.5 Å². The fraction of sp³-hybridized carbons (Fsp3) is 0.448. The lowest BCUT2D eigenvalue weighted by atomic mass is 9.90. The van der Waals surface area contributed by atoms with Gasteiger partial charge in [0.2, 0.25) is 0 Å². The number of nitrogens with zero attached hydrogens (tertiary/aromatic N) is 4. The Morgan fingerprint density at radius 3 is 2.62 bits per heavy atom. The van der Waals surface area contributed by atoms with Crippen molar-refractivity contribution in [3.8, 4) is 0 Å². The van der Waals surface area contributed by atoms with Crippen molar-refractivity contribution in [2.75, 3.05) is 16.8 Å². The Labute approximate surface area is 224 Å². The molecule has 0 saturated carbocycles. The van der Waals surface area contributed by atoms with Crippen molar-refractivity contribution < 1.29 is 4.79 Å². The SMILES string of the molecule is CC(C)(C)c1ccc2c(n1)N1C[C@@H](CCC(c3ccccn3)Nc3cccc(n3)SNC2=O)CC1(C)C. The number of rotatable bonds is 1. The number of fused-ring (bicyclic) bond motifs is 6. The maximum absolute atomic E-state index is 13.5. The normalized spacial score (nSPS) is 21.8. The Hall–Kier alpha value is -3.13. The number of aromatic nitrogens is 3. The number of hydrogen-bond donors (Lipinski definition) is 2. The lowest BCUT2D eigenvalue weighted by molar-refractivity contribution is 0.0984. The van der Waals surface area contributed by atoms with Crippen LogP contribution in [0.5, 0.6) is 0 Å². The summed E-state index contributed by atoms with van der Waals surface area (Å²) < 4.78 is 3.01. The van der Waals surface area contributed by atoms with Crippen LogP contribution in [-0.2, 0) is 5.41 Å². The van der Waals surface area contributed by atoms with Crippen LogP contribution < -0.4 is 14.9 Å². The van der Waals surface area contributed by atoms with Gasteiger partial charge in [-0.05, 0) is 75.4 Å². The van der Waals surface area contributed by atoms with E-state index in [0.717, 1.165) is 53.9 Å². The van der Waals surface area contributed by atoms with Crippen LogP contribution in [0.2, 0.25) is 0 Å². The number of hydrogen-bond acceptors (Lipinski definition) is 7. The number of anilines is 2. The van der Waals surface area contributed by atoms with Crippen LogP contribution in [0.1, 0.15) is 81.7 Å². The van der Waals surface area contributed by atoms with Crippen LogP contribution >= 0.6 is 11.9 Å². The van der Waals surface area contributed by atoms with Gasteiger partial charge in [-0.15, -0.1) is 0 Å². The van der Waals surface area contributed by atoms with Crippen molar-refractivity contribution in [2.24, 2.45) is 5.92 Å². The summed E-state index contributed by atoms with van der Waals surface area (Å²) in [7, 11) is 0. The Balaban J connectivity index is 1.56. The maximum Gasteiger partial charge on any atom is 0.265 e. The molecule has 3 aromatic heterocycles. The molecule has 0 radical (unpaired) electrons. The van der Waals surface area contributed by atoms with E-state index in [1.807, 2.05) is 48.7 Å². The first-order valence-electron chi connectivity index (χ1n) is 13.0. The van der Waals surface area contributed by atoms with Gasteiger partial charge in [0, 0.05) is 41.3 Å². The van der Waals surface area contributed by atoms with Gasteiger partial charge in [0.25, 0.3) is 5.91 Å². The van der Waals surface area contributed by atoms with E-state index in [1.54, 1.807) is 0 Å². The molecule has 0 aromatic carbocycles. The molecule has 1 amide bonds. The molecule has 1 saturated heterocycles. The highest BCUT2D eigenvalue weighted by Crippen LogP contribution is 2.41. The molecular weight excluding hydrogens is 480 g/mol. The molecule has 8 heteroatoms. The van der Waals surface area contributed by atoms with E-state index in [1.165, 1.54) is 11.9 Å². The van der Waals surface area contributed by atoms with Gasteiger partial charge >= 0.3 is 0 Å². The molecule has 5 heterocycles. The summed E-state index contributed by atoms with van der Waals surface area (Å²) in [4.78, 5) is 30.3.